The maximum absolute atomic E-state index is 12.7. The molecule has 2 amide bonds. The van der Waals surface area contributed by atoms with Crippen molar-refractivity contribution in [3.63, 3.8) is 0 Å². The van der Waals surface area contributed by atoms with Gasteiger partial charge < -0.3 is 15.1 Å². The van der Waals surface area contributed by atoms with Crippen molar-refractivity contribution in [2.75, 3.05) is 5.32 Å². The van der Waals surface area contributed by atoms with E-state index in [4.69, 9.17) is 16.0 Å². The van der Waals surface area contributed by atoms with Gasteiger partial charge in [0.1, 0.15) is 5.58 Å². The highest BCUT2D eigenvalue weighted by Crippen LogP contribution is 2.27. The first-order chi connectivity index (χ1) is 14.0. The highest BCUT2D eigenvalue weighted by molar-refractivity contribution is 6.34. The third-order valence-corrected chi connectivity index (χ3v) is 5.79. The molecule has 5 nitrogen and oxygen atoms in total. The summed E-state index contributed by atoms with van der Waals surface area (Å²) in [5.41, 5.74) is 2.30. The molecule has 1 aliphatic rings. The van der Waals surface area contributed by atoms with Gasteiger partial charge in [0.15, 0.2) is 5.76 Å². The molecule has 0 saturated heterocycles. The zero-order valence-electron chi connectivity index (χ0n) is 16.3. The Morgan fingerprint density at radius 1 is 1.03 bits per heavy atom. The minimum atomic E-state index is -0.361. The Balaban J connectivity index is 1.52. The second kappa shape index (κ2) is 8.29. The monoisotopic (exact) mass is 410 g/mol. The van der Waals surface area contributed by atoms with Crippen molar-refractivity contribution in [2.45, 2.75) is 45.1 Å². The average Bonchev–Trinajstić information content (AvgIpc) is 3.07. The number of fused-ring (bicyclic) bond motifs is 1. The molecule has 1 fully saturated rings. The molecule has 0 unspecified atom stereocenters. The third kappa shape index (κ3) is 4.15. The first-order valence-corrected chi connectivity index (χ1v) is 10.3. The van der Waals surface area contributed by atoms with Gasteiger partial charge in [0.25, 0.3) is 11.8 Å². The Kier molecular flexibility index (Phi) is 5.58. The standard InChI is InChI=1S/C23H23ClN2O3/c1-14-17-9-5-6-10-20(17)29-21(14)23(28)26-16-11-12-19(24)18(13-16)22(27)25-15-7-3-2-4-8-15/h5-6,9-13,15H,2-4,7-8H2,1H3,(H,25,27)(H,26,28). The smallest absolute Gasteiger partial charge is 0.291 e. The maximum atomic E-state index is 12.7. The molecule has 2 aromatic carbocycles. The molecule has 6 heteroatoms. The third-order valence-electron chi connectivity index (χ3n) is 5.46. The fourth-order valence-electron chi connectivity index (χ4n) is 3.87. The Labute approximate surface area is 174 Å². The largest absolute Gasteiger partial charge is 0.451 e. The molecule has 0 atom stereocenters. The zero-order chi connectivity index (χ0) is 20.4. The van der Waals surface area contributed by atoms with E-state index in [-0.39, 0.29) is 23.6 Å². The van der Waals surface area contributed by atoms with E-state index in [1.807, 2.05) is 31.2 Å². The number of rotatable bonds is 4. The van der Waals surface area contributed by atoms with Gasteiger partial charge in [0, 0.05) is 22.7 Å². The number of hydrogen-bond donors (Lipinski definition) is 2. The van der Waals surface area contributed by atoms with Gasteiger partial charge in [0.05, 0.1) is 10.6 Å². The number of carbonyl (C=O) groups is 2. The number of nitrogens with one attached hydrogen (secondary N) is 2. The van der Waals surface area contributed by atoms with Gasteiger partial charge in [-0.2, -0.15) is 0 Å². The van der Waals surface area contributed by atoms with Crippen LogP contribution in [0.1, 0.15) is 58.6 Å². The fourth-order valence-corrected chi connectivity index (χ4v) is 4.07. The number of benzene rings is 2. The number of carbonyl (C=O) groups excluding carboxylic acids is 2. The van der Waals surface area contributed by atoms with Crippen LogP contribution in [0.3, 0.4) is 0 Å². The molecule has 0 aliphatic heterocycles. The Bertz CT molecular complexity index is 1070. The van der Waals surface area contributed by atoms with Crippen LogP contribution in [0.25, 0.3) is 11.0 Å². The second-order valence-electron chi connectivity index (χ2n) is 7.51. The molecule has 0 spiro atoms. The number of anilines is 1. The van der Waals surface area contributed by atoms with Gasteiger partial charge in [-0.25, -0.2) is 0 Å². The van der Waals surface area contributed by atoms with Crippen molar-refractivity contribution >= 4 is 40.1 Å². The maximum Gasteiger partial charge on any atom is 0.291 e. The second-order valence-corrected chi connectivity index (χ2v) is 7.92. The molecule has 0 bridgehead atoms. The molecule has 3 aromatic rings. The van der Waals surface area contributed by atoms with Crippen LogP contribution in [0, 0.1) is 6.92 Å². The fraction of sp³-hybridized carbons (Fsp3) is 0.304. The van der Waals surface area contributed by atoms with Crippen molar-refractivity contribution in [3.05, 3.63) is 64.4 Å². The van der Waals surface area contributed by atoms with Gasteiger partial charge in [0.2, 0.25) is 0 Å². The van der Waals surface area contributed by atoms with Crippen LogP contribution in [-0.2, 0) is 0 Å². The van der Waals surface area contributed by atoms with Crippen LogP contribution in [0.2, 0.25) is 5.02 Å². The zero-order valence-corrected chi connectivity index (χ0v) is 17.0. The highest BCUT2D eigenvalue weighted by Gasteiger charge is 2.21. The van der Waals surface area contributed by atoms with Gasteiger partial charge in [-0.1, -0.05) is 49.1 Å². The molecular formula is C23H23ClN2O3. The van der Waals surface area contributed by atoms with Crippen molar-refractivity contribution < 1.29 is 14.0 Å². The summed E-state index contributed by atoms with van der Waals surface area (Å²) < 4.78 is 5.72. The van der Waals surface area contributed by atoms with Gasteiger partial charge in [-0.15, -0.1) is 0 Å². The van der Waals surface area contributed by atoms with E-state index in [0.29, 0.717) is 21.9 Å². The van der Waals surface area contributed by atoms with Crippen LogP contribution in [-0.4, -0.2) is 17.9 Å². The topological polar surface area (TPSA) is 71.3 Å². The minimum absolute atomic E-state index is 0.184. The van der Waals surface area contributed by atoms with E-state index in [2.05, 4.69) is 10.6 Å². The van der Waals surface area contributed by atoms with Crippen molar-refractivity contribution in [1.82, 2.24) is 5.32 Å². The van der Waals surface area contributed by atoms with E-state index in [0.717, 1.165) is 36.6 Å². The van der Waals surface area contributed by atoms with E-state index >= 15 is 0 Å². The first kappa shape index (κ1) is 19.5. The molecule has 1 heterocycles. The van der Waals surface area contributed by atoms with Crippen molar-refractivity contribution in [2.24, 2.45) is 0 Å². The number of furan rings is 1. The van der Waals surface area contributed by atoms with Crippen molar-refractivity contribution in [1.29, 1.82) is 0 Å². The quantitative estimate of drug-likeness (QED) is 0.578. The molecule has 150 valence electrons. The highest BCUT2D eigenvalue weighted by atomic mass is 35.5. The summed E-state index contributed by atoms with van der Waals surface area (Å²) in [4.78, 5) is 25.4. The van der Waals surface area contributed by atoms with Crippen LogP contribution in [0.5, 0.6) is 0 Å². The predicted molar refractivity (Wildman–Crippen MR) is 115 cm³/mol. The lowest BCUT2D eigenvalue weighted by Gasteiger charge is -2.23. The van der Waals surface area contributed by atoms with Gasteiger partial charge >= 0.3 is 0 Å². The lowest BCUT2D eigenvalue weighted by molar-refractivity contribution is 0.0926. The molecule has 29 heavy (non-hydrogen) atoms. The molecule has 1 saturated carbocycles. The summed E-state index contributed by atoms with van der Waals surface area (Å²) in [6.07, 6.45) is 5.46. The van der Waals surface area contributed by atoms with Gasteiger partial charge in [-0.3, -0.25) is 9.59 Å². The molecule has 4 rings (SSSR count). The summed E-state index contributed by atoms with van der Waals surface area (Å²) in [5.74, 6) is -0.313. The van der Waals surface area contributed by atoms with Crippen LogP contribution in [0.4, 0.5) is 5.69 Å². The van der Waals surface area contributed by atoms with Gasteiger partial charge in [-0.05, 0) is 44.0 Å². The van der Waals surface area contributed by atoms with E-state index in [1.54, 1.807) is 18.2 Å². The number of para-hydroxylation sites is 1. The Morgan fingerprint density at radius 3 is 2.55 bits per heavy atom. The molecule has 0 radical (unpaired) electrons. The van der Waals surface area contributed by atoms with E-state index in [1.165, 1.54) is 6.42 Å². The number of amides is 2. The van der Waals surface area contributed by atoms with Crippen molar-refractivity contribution in [3.8, 4) is 0 Å². The number of hydrogen-bond acceptors (Lipinski definition) is 3. The number of halogens is 1. The van der Waals surface area contributed by atoms with Crippen LogP contribution < -0.4 is 10.6 Å². The van der Waals surface area contributed by atoms with Crippen LogP contribution >= 0.6 is 11.6 Å². The van der Waals surface area contributed by atoms with E-state index in [9.17, 15) is 9.59 Å². The molecule has 2 N–H and O–H groups in total. The summed E-state index contributed by atoms with van der Waals surface area (Å²) >= 11 is 6.25. The predicted octanol–water partition coefficient (Wildman–Crippen LogP) is 5.71. The lowest BCUT2D eigenvalue weighted by Crippen LogP contribution is -2.36. The summed E-state index contributed by atoms with van der Waals surface area (Å²) in [6, 6.07) is 12.6. The number of aryl methyl sites for hydroxylation is 1. The van der Waals surface area contributed by atoms with Crippen LogP contribution in [0.15, 0.2) is 46.9 Å². The normalized spacial score (nSPS) is 14.7. The first-order valence-electron chi connectivity index (χ1n) is 9.93. The Morgan fingerprint density at radius 2 is 1.79 bits per heavy atom. The summed E-state index contributed by atoms with van der Waals surface area (Å²) in [5, 5.41) is 7.14. The molecular weight excluding hydrogens is 388 g/mol. The summed E-state index contributed by atoms with van der Waals surface area (Å²) in [7, 11) is 0. The molecule has 1 aromatic heterocycles. The molecule has 1 aliphatic carbocycles. The summed E-state index contributed by atoms with van der Waals surface area (Å²) in [6.45, 7) is 1.85. The minimum Gasteiger partial charge on any atom is -0.451 e. The lowest BCUT2D eigenvalue weighted by atomic mass is 9.95. The SMILES string of the molecule is Cc1c(C(=O)Nc2ccc(Cl)c(C(=O)NC3CCCCC3)c2)oc2ccccc12. The van der Waals surface area contributed by atoms with E-state index < -0.39 is 0 Å². The average molecular weight is 411 g/mol. The Hall–Kier alpha value is -2.79.